The first kappa shape index (κ1) is 24.4. The van der Waals surface area contributed by atoms with Crippen LogP contribution in [0.15, 0.2) is 60.7 Å². The molecule has 1 fully saturated rings. The summed E-state index contributed by atoms with van der Waals surface area (Å²) in [5, 5.41) is 5.68. The molecule has 2 aromatic carbocycles. The first-order valence-corrected chi connectivity index (χ1v) is 11.5. The van der Waals surface area contributed by atoms with E-state index in [0.29, 0.717) is 19.5 Å². The molecule has 0 aliphatic carbocycles. The molecule has 7 nitrogen and oxygen atoms in total. The number of benzene rings is 2. The summed E-state index contributed by atoms with van der Waals surface area (Å²) in [6, 6.07) is 18.0. The fraction of sp³-hybridized carbons (Fsp3) is 0.360. The molecular weight excluding hydrogens is 438 g/mol. The number of carbonyl (C=O) groups is 3. The predicted molar refractivity (Wildman–Crippen MR) is 129 cm³/mol. The lowest BCUT2D eigenvalue weighted by Crippen LogP contribution is -2.60. The second-order valence-electron chi connectivity index (χ2n) is 7.96. The molecule has 8 heteroatoms. The molecule has 0 saturated carbocycles. The lowest BCUT2D eigenvalue weighted by molar-refractivity contribution is -0.151. The summed E-state index contributed by atoms with van der Waals surface area (Å²) in [6.45, 7) is 4.47. The SMILES string of the molecule is CCC(C)OC(=O)CC1C(=O)NCCN1C(=S)NC(=O)C(c1ccccc1)c1ccccc1. The highest BCUT2D eigenvalue weighted by Gasteiger charge is 2.35. The molecule has 2 unspecified atom stereocenters. The third-order valence-corrected chi connectivity index (χ3v) is 5.95. The Morgan fingerprint density at radius 2 is 1.70 bits per heavy atom. The molecule has 1 aliphatic rings. The van der Waals surface area contributed by atoms with Crippen LogP contribution in [0.2, 0.25) is 0 Å². The second-order valence-corrected chi connectivity index (χ2v) is 8.35. The van der Waals surface area contributed by atoms with E-state index in [0.717, 1.165) is 11.1 Å². The standard InChI is InChI=1S/C25H29N3O4S/c1-3-17(2)32-21(29)16-20-23(30)26-14-15-28(20)25(33)27-24(31)22(18-10-6-4-7-11-18)19-12-8-5-9-13-19/h4-13,17,20,22H,3,14-16H2,1-2H3,(H,26,30)(H,27,31,33). The van der Waals surface area contributed by atoms with E-state index in [-0.39, 0.29) is 29.5 Å². The van der Waals surface area contributed by atoms with Gasteiger partial charge in [-0.3, -0.25) is 14.4 Å². The molecule has 2 amide bonds. The van der Waals surface area contributed by atoms with Crippen LogP contribution in [0.5, 0.6) is 0 Å². The molecule has 3 rings (SSSR count). The fourth-order valence-electron chi connectivity index (χ4n) is 3.71. The number of hydrogen-bond donors (Lipinski definition) is 2. The van der Waals surface area contributed by atoms with Crippen molar-refractivity contribution in [2.75, 3.05) is 13.1 Å². The first-order chi connectivity index (χ1) is 15.9. The van der Waals surface area contributed by atoms with Crippen LogP contribution in [-0.4, -0.2) is 53.0 Å². The molecule has 0 radical (unpaired) electrons. The van der Waals surface area contributed by atoms with Crippen molar-refractivity contribution in [3.05, 3.63) is 71.8 Å². The summed E-state index contributed by atoms with van der Waals surface area (Å²) >= 11 is 5.52. The molecule has 2 aromatic rings. The zero-order valence-corrected chi connectivity index (χ0v) is 19.6. The largest absolute Gasteiger partial charge is 0.463 e. The van der Waals surface area contributed by atoms with Crippen molar-refractivity contribution in [3.63, 3.8) is 0 Å². The Hall–Kier alpha value is -3.26. The first-order valence-electron chi connectivity index (χ1n) is 11.1. The van der Waals surface area contributed by atoms with Gasteiger partial charge in [0, 0.05) is 13.1 Å². The average Bonchev–Trinajstić information content (AvgIpc) is 2.81. The van der Waals surface area contributed by atoms with E-state index in [1.165, 1.54) is 0 Å². The highest BCUT2D eigenvalue weighted by Crippen LogP contribution is 2.25. The van der Waals surface area contributed by atoms with Crippen LogP contribution >= 0.6 is 12.2 Å². The zero-order chi connectivity index (χ0) is 23.8. The second kappa shape index (κ2) is 11.6. The third-order valence-electron chi connectivity index (χ3n) is 5.62. The Kier molecular flexibility index (Phi) is 8.54. The van der Waals surface area contributed by atoms with Crippen molar-refractivity contribution in [1.82, 2.24) is 15.5 Å². The molecule has 1 saturated heterocycles. The Bertz CT molecular complexity index is 944. The number of carbonyl (C=O) groups excluding carboxylic acids is 3. The van der Waals surface area contributed by atoms with Crippen LogP contribution in [0.3, 0.4) is 0 Å². The van der Waals surface area contributed by atoms with Crippen molar-refractivity contribution in [3.8, 4) is 0 Å². The minimum atomic E-state index is -0.838. The zero-order valence-electron chi connectivity index (χ0n) is 18.8. The number of rotatable bonds is 7. The number of nitrogens with zero attached hydrogens (tertiary/aromatic N) is 1. The van der Waals surface area contributed by atoms with Crippen molar-refractivity contribution in [2.45, 2.75) is 44.8 Å². The Morgan fingerprint density at radius 3 is 2.24 bits per heavy atom. The maximum Gasteiger partial charge on any atom is 0.308 e. The minimum Gasteiger partial charge on any atom is -0.463 e. The number of hydrogen-bond acceptors (Lipinski definition) is 5. The van der Waals surface area contributed by atoms with Crippen molar-refractivity contribution < 1.29 is 19.1 Å². The fourth-order valence-corrected chi connectivity index (χ4v) is 4.03. The van der Waals surface area contributed by atoms with Crippen LogP contribution < -0.4 is 10.6 Å². The van der Waals surface area contributed by atoms with Crippen molar-refractivity contribution >= 4 is 35.1 Å². The van der Waals surface area contributed by atoms with Crippen LogP contribution in [0.4, 0.5) is 0 Å². The predicted octanol–water partition coefficient (Wildman–Crippen LogP) is 2.75. The summed E-state index contributed by atoms with van der Waals surface area (Å²) < 4.78 is 5.34. The Balaban J connectivity index is 1.77. The summed E-state index contributed by atoms with van der Waals surface area (Å²) in [7, 11) is 0. The molecular formula is C25H29N3O4S. The molecule has 2 atom stereocenters. The number of thiocarbonyl (C=S) groups is 1. The molecule has 0 spiro atoms. The number of nitrogens with one attached hydrogen (secondary N) is 2. The molecule has 1 heterocycles. The van der Waals surface area contributed by atoms with Gasteiger partial charge in [0.05, 0.1) is 18.4 Å². The van der Waals surface area contributed by atoms with Crippen LogP contribution in [0.1, 0.15) is 43.7 Å². The Morgan fingerprint density at radius 1 is 1.12 bits per heavy atom. The van der Waals surface area contributed by atoms with Crippen molar-refractivity contribution in [1.29, 1.82) is 0 Å². The van der Waals surface area contributed by atoms with Gasteiger partial charge in [-0.15, -0.1) is 0 Å². The maximum absolute atomic E-state index is 13.4. The number of amides is 2. The molecule has 33 heavy (non-hydrogen) atoms. The summed E-state index contributed by atoms with van der Waals surface area (Å²) in [6.07, 6.45) is 0.301. The Labute approximate surface area is 199 Å². The van der Waals surface area contributed by atoms with Gasteiger partial charge in [-0.05, 0) is 36.7 Å². The van der Waals surface area contributed by atoms with E-state index in [4.69, 9.17) is 17.0 Å². The van der Waals surface area contributed by atoms with E-state index in [1.54, 1.807) is 11.8 Å². The summed E-state index contributed by atoms with van der Waals surface area (Å²) in [4.78, 5) is 39.8. The number of piperazine rings is 1. The van der Waals surface area contributed by atoms with Crippen LogP contribution in [0.25, 0.3) is 0 Å². The van der Waals surface area contributed by atoms with Gasteiger partial charge < -0.3 is 20.3 Å². The van der Waals surface area contributed by atoms with E-state index < -0.39 is 17.9 Å². The lowest BCUT2D eigenvalue weighted by Gasteiger charge is -2.36. The average molecular weight is 468 g/mol. The maximum atomic E-state index is 13.4. The van der Waals surface area contributed by atoms with Gasteiger partial charge in [0.1, 0.15) is 6.04 Å². The summed E-state index contributed by atoms with van der Waals surface area (Å²) in [5.41, 5.74) is 1.66. The van der Waals surface area contributed by atoms with E-state index in [2.05, 4.69) is 10.6 Å². The van der Waals surface area contributed by atoms with Gasteiger partial charge in [0.25, 0.3) is 0 Å². The highest BCUT2D eigenvalue weighted by atomic mass is 32.1. The monoisotopic (exact) mass is 467 g/mol. The van der Waals surface area contributed by atoms with Gasteiger partial charge in [-0.25, -0.2) is 0 Å². The van der Waals surface area contributed by atoms with Gasteiger partial charge in [-0.2, -0.15) is 0 Å². The normalized spacial score (nSPS) is 16.6. The topological polar surface area (TPSA) is 87.7 Å². The van der Waals surface area contributed by atoms with Gasteiger partial charge in [0.2, 0.25) is 11.8 Å². The van der Waals surface area contributed by atoms with Crippen molar-refractivity contribution in [2.24, 2.45) is 0 Å². The lowest BCUT2D eigenvalue weighted by atomic mass is 9.90. The van der Waals surface area contributed by atoms with E-state index in [9.17, 15) is 14.4 Å². The molecule has 174 valence electrons. The van der Waals surface area contributed by atoms with Crippen LogP contribution in [0, 0.1) is 0 Å². The quantitative estimate of drug-likeness (QED) is 0.481. The summed E-state index contributed by atoms with van der Waals surface area (Å²) in [5.74, 6) is -1.67. The van der Waals surface area contributed by atoms with E-state index >= 15 is 0 Å². The smallest absolute Gasteiger partial charge is 0.308 e. The molecule has 2 N–H and O–H groups in total. The van der Waals surface area contributed by atoms with E-state index in [1.807, 2.05) is 67.6 Å². The molecule has 1 aliphatic heterocycles. The minimum absolute atomic E-state index is 0.119. The number of esters is 1. The van der Waals surface area contributed by atoms with Gasteiger partial charge >= 0.3 is 5.97 Å². The highest BCUT2D eigenvalue weighted by molar-refractivity contribution is 7.80. The van der Waals surface area contributed by atoms with Gasteiger partial charge in [0.15, 0.2) is 5.11 Å². The van der Waals surface area contributed by atoms with Gasteiger partial charge in [-0.1, -0.05) is 67.6 Å². The molecule has 0 aromatic heterocycles. The number of ether oxygens (including phenoxy) is 1. The third kappa shape index (κ3) is 6.38. The molecule has 0 bridgehead atoms. The van der Waals surface area contributed by atoms with Crippen LogP contribution in [-0.2, 0) is 19.1 Å².